The molecule has 1 fully saturated rings. The average Bonchev–Trinajstić information content (AvgIpc) is 3.19. The van der Waals surface area contributed by atoms with E-state index in [1.165, 1.54) is 6.07 Å². The molecule has 0 bridgehead atoms. The molecule has 0 radical (unpaired) electrons. The van der Waals surface area contributed by atoms with Gasteiger partial charge in [-0.3, -0.25) is 24.4 Å². The molecule has 0 saturated heterocycles. The van der Waals surface area contributed by atoms with Crippen molar-refractivity contribution in [3.05, 3.63) is 53.3 Å². The van der Waals surface area contributed by atoms with Crippen LogP contribution >= 0.6 is 0 Å². The highest BCUT2D eigenvalue weighted by atomic mass is 16.1. The SMILES string of the molecule is CCn1cc(-c2cc3c(-c4ccc(=O)n(CC5(C(N)=O)CC5)c4)n[nH]c3cn2)cn1. The second kappa shape index (κ2) is 6.65. The molecule has 30 heavy (non-hydrogen) atoms. The van der Waals surface area contributed by atoms with Gasteiger partial charge in [-0.2, -0.15) is 10.2 Å². The van der Waals surface area contributed by atoms with Gasteiger partial charge in [0.2, 0.25) is 5.91 Å². The molecule has 1 aliphatic rings. The molecule has 4 aromatic rings. The third-order valence-electron chi connectivity index (χ3n) is 5.81. The van der Waals surface area contributed by atoms with Crippen molar-refractivity contribution in [1.29, 1.82) is 0 Å². The van der Waals surface area contributed by atoms with Gasteiger partial charge in [-0.15, -0.1) is 0 Å². The summed E-state index contributed by atoms with van der Waals surface area (Å²) in [5.41, 5.74) is 8.78. The first-order chi connectivity index (χ1) is 14.5. The Balaban J connectivity index is 1.56. The summed E-state index contributed by atoms with van der Waals surface area (Å²) in [7, 11) is 0. The van der Waals surface area contributed by atoms with E-state index in [2.05, 4.69) is 20.3 Å². The molecule has 4 heterocycles. The van der Waals surface area contributed by atoms with E-state index in [0.717, 1.165) is 34.3 Å². The number of fused-ring (bicyclic) bond motifs is 1. The van der Waals surface area contributed by atoms with Gasteiger partial charge in [0.15, 0.2) is 0 Å². The largest absolute Gasteiger partial charge is 0.369 e. The van der Waals surface area contributed by atoms with Gasteiger partial charge in [0.1, 0.15) is 5.69 Å². The van der Waals surface area contributed by atoms with Crippen molar-refractivity contribution in [3.63, 3.8) is 0 Å². The first-order valence-electron chi connectivity index (χ1n) is 9.87. The molecule has 9 nitrogen and oxygen atoms in total. The molecule has 4 aromatic heterocycles. The normalized spacial score (nSPS) is 14.8. The zero-order chi connectivity index (χ0) is 20.9. The zero-order valence-corrected chi connectivity index (χ0v) is 16.5. The molecular formula is C21H21N7O2. The molecule has 152 valence electrons. The summed E-state index contributed by atoms with van der Waals surface area (Å²) in [5, 5.41) is 12.7. The third kappa shape index (κ3) is 2.99. The molecular weight excluding hydrogens is 382 g/mol. The van der Waals surface area contributed by atoms with Gasteiger partial charge in [0.05, 0.1) is 29.0 Å². The maximum absolute atomic E-state index is 12.4. The number of aromatic nitrogens is 6. The summed E-state index contributed by atoms with van der Waals surface area (Å²) < 4.78 is 3.40. The van der Waals surface area contributed by atoms with Crippen LogP contribution in [-0.2, 0) is 17.9 Å². The van der Waals surface area contributed by atoms with Crippen LogP contribution in [0.4, 0.5) is 0 Å². The van der Waals surface area contributed by atoms with Gasteiger partial charge >= 0.3 is 0 Å². The van der Waals surface area contributed by atoms with Crippen molar-refractivity contribution in [2.45, 2.75) is 32.9 Å². The Morgan fingerprint density at radius 1 is 1.23 bits per heavy atom. The molecule has 1 saturated carbocycles. The lowest BCUT2D eigenvalue weighted by Crippen LogP contribution is -2.32. The molecule has 0 spiro atoms. The number of nitrogens with one attached hydrogen (secondary N) is 1. The van der Waals surface area contributed by atoms with E-state index in [1.54, 1.807) is 29.2 Å². The van der Waals surface area contributed by atoms with Gasteiger partial charge in [-0.1, -0.05) is 0 Å². The van der Waals surface area contributed by atoms with Crippen molar-refractivity contribution in [1.82, 2.24) is 29.5 Å². The monoisotopic (exact) mass is 403 g/mol. The number of pyridine rings is 2. The van der Waals surface area contributed by atoms with Crippen molar-refractivity contribution in [2.24, 2.45) is 11.1 Å². The van der Waals surface area contributed by atoms with Crippen LogP contribution < -0.4 is 11.3 Å². The Bertz CT molecular complexity index is 1330. The first-order valence-corrected chi connectivity index (χ1v) is 9.87. The predicted molar refractivity (Wildman–Crippen MR) is 111 cm³/mol. The van der Waals surface area contributed by atoms with Crippen LogP contribution in [0.2, 0.25) is 0 Å². The minimum absolute atomic E-state index is 0.166. The van der Waals surface area contributed by atoms with E-state index in [9.17, 15) is 9.59 Å². The van der Waals surface area contributed by atoms with Crippen molar-refractivity contribution in [3.8, 4) is 22.5 Å². The maximum atomic E-state index is 12.4. The quantitative estimate of drug-likeness (QED) is 0.509. The summed E-state index contributed by atoms with van der Waals surface area (Å²) >= 11 is 0. The fraction of sp³-hybridized carbons (Fsp3) is 0.286. The second-order valence-electron chi connectivity index (χ2n) is 7.80. The standard InChI is InChI=1S/C21H21N7O2/c1-2-28-11-14(8-24-28)16-7-15-17(9-23-16)25-26-19(15)13-3-4-18(29)27(10-13)12-21(5-6-21)20(22)30/h3-4,7-11H,2,5-6,12H2,1H3,(H2,22,30)(H,25,26). The maximum Gasteiger partial charge on any atom is 0.250 e. The van der Waals surface area contributed by atoms with E-state index in [4.69, 9.17) is 5.73 Å². The van der Waals surface area contributed by atoms with Crippen LogP contribution in [-0.4, -0.2) is 35.4 Å². The highest BCUT2D eigenvalue weighted by Crippen LogP contribution is 2.46. The fourth-order valence-corrected chi connectivity index (χ4v) is 3.72. The van der Waals surface area contributed by atoms with Crippen molar-refractivity contribution in [2.75, 3.05) is 0 Å². The predicted octanol–water partition coefficient (Wildman–Crippen LogP) is 1.94. The van der Waals surface area contributed by atoms with Gasteiger partial charge in [-0.25, -0.2) is 0 Å². The molecule has 0 aromatic carbocycles. The highest BCUT2D eigenvalue weighted by Gasteiger charge is 2.48. The van der Waals surface area contributed by atoms with E-state index >= 15 is 0 Å². The van der Waals surface area contributed by atoms with Crippen LogP contribution in [0, 0.1) is 5.41 Å². The van der Waals surface area contributed by atoms with E-state index < -0.39 is 5.41 Å². The summed E-state index contributed by atoms with van der Waals surface area (Å²) in [6, 6.07) is 5.21. The van der Waals surface area contributed by atoms with Crippen molar-refractivity contribution < 1.29 is 4.79 Å². The number of aryl methyl sites for hydroxylation is 1. The Kier molecular flexibility index (Phi) is 4.05. The Labute approximate surface area is 171 Å². The highest BCUT2D eigenvalue weighted by molar-refractivity contribution is 5.94. The number of primary amides is 1. The second-order valence-corrected chi connectivity index (χ2v) is 7.80. The van der Waals surface area contributed by atoms with Gasteiger partial charge in [0.25, 0.3) is 5.56 Å². The van der Waals surface area contributed by atoms with Gasteiger partial charge in [0, 0.05) is 48.1 Å². The number of hydrogen-bond donors (Lipinski definition) is 2. The van der Waals surface area contributed by atoms with Crippen LogP contribution in [0.5, 0.6) is 0 Å². The third-order valence-corrected chi connectivity index (χ3v) is 5.81. The molecule has 1 amide bonds. The number of nitrogens with two attached hydrogens (primary N) is 1. The number of carbonyl (C=O) groups is 1. The Hall–Kier alpha value is -3.75. The zero-order valence-electron chi connectivity index (χ0n) is 16.5. The summed E-state index contributed by atoms with van der Waals surface area (Å²) in [6.07, 6.45) is 8.65. The number of amides is 1. The van der Waals surface area contributed by atoms with Crippen LogP contribution in [0.25, 0.3) is 33.4 Å². The molecule has 9 heteroatoms. The lowest BCUT2D eigenvalue weighted by atomic mass is 10.1. The molecule has 5 rings (SSSR count). The summed E-state index contributed by atoms with van der Waals surface area (Å²) in [4.78, 5) is 28.6. The van der Waals surface area contributed by atoms with Crippen LogP contribution in [0.3, 0.4) is 0 Å². The topological polar surface area (TPSA) is 124 Å². The minimum Gasteiger partial charge on any atom is -0.369 e. The Morgan fingerprint density at radius 2 is 2.07 bits per heavy atom. The molecule has 3 N–H and O–H groups in total. The first kappa shape index (κ1) is 18.3. The fourth-order valence-electron chi connectivity index (χ4n) is 3.72. The summed E-state index contributed by atoms with van der Waals surface area (Å²) in [6.45, 7) is 3.11. The van der Waals surface area contributed by atoms with Gasteiger partial charge in [-0.05, 0) is 31.9 Å². The number of aromatic amines is 1. The molecule has 0 atom stereocenters. The number of H-pyrrole nitrogens is 1. The molecule has 0 aliphatic heterocycles. The lowest BCUT2D eigenvalue weighted by molar-refractivity contribution is -0.123. The van der Waals surface area contributed by atoms with Crippen LogP contribution in [0.15, 0.2) is 47.8 Å². The Morgan fingerprint density at radius 3 is 2.77 bits per heavy atom. The van der Waals surface area contributed by atoms with Gasteiger partial charge < -0.3 is 10.3 Å². The number of carbonyl (C=O) groups excluding carboxylic acids is 1. The summed E-state index contributed by atoms with van der Waals surface area (Å²) in [5.74, 6) is -0.353. The lowest BCUT2D eigenvalue weighted by Gasteiger charge is -2.13. The molecule has 1 aliphatic carbocycles. The minimum atomic E-state index is -0.605. The number of rotatable bonds is 6. The average molecular weight is 403 g/mol. The van der Waals surface area contributed by atoms with E-state index in [-0.39, 0.29) is 11.5 Å². The van der Waals surface area contributed by atoms with Crippen molar-refractivity contribution >= 4 is 16.8 Å². The van der Waals surface area contributed by atoms with E-state index in [0.29, 0.717) is 25.1 Å². The number of nitrogens with zero attached hydrogens (tertiary/aromatic N) is 5. The van der Waals surface area contributed by atoms with E-state index in [1.807, 2.05) is 23.9 Å². The molecule has 0 unspecified atom stereocenters. The number of hydrogen-bond acceptors (Lipinski definition) is 5. The van der Waals surface area contributed by atoms with Crippen LogP contribution in [0.1, 0.15) is 19.8 Å². The smallest absolute Gasteiger partial charge is 0.250 e.